The molecule has 0 radical (unpaired) electrons. The smallest absolute Gasteiger partial charge is 0.290 e. The molecule has 1 aromatic carbocycles. The summed E-state index contributed by atoms with van der Waals surface area (Å²) < 4.78 is 11.4. The van der Waals surface area contributed by atoms with Gasteiger partial charge in [-0.3, -0.25) is 28.5 Å². The fourth-order valence-corrected chi connectivity index (χ4v) is 5.75. The van der Waals surface area contributed by atoms with Crippen molar-refractivity contribution in [3.8, 4) is 16.9 Å². The lowest BCUT2D eigenvalue weighted by molar-refractivity contribution is 0.101. The summed E-state index contributed by atoms with van der Waals surface area (Å²) in [5.41, 5.74) is 1.85. The summed E-state index contributed by atoms with van der Waals surface area (Å²) in [5.74, 6) is 0.301. The molecule has 0 atom stereocenters. The second-order valence-corrected chi connectivity index (χ2v) is 11.5. The minimum Gasteiger partial charge on any atom is -0.381 e. The number of nitrogens with zero attached hydrogens (tertiary/aromatic N) is 7. The molecule has 0 spiro atoms. The van der Waals surface area contributed by atoms with Crippen LogP contribution in [0.1, 0.15) is 58.1 Å². The molecule has 14 heteroatoms. The van der Waals surface area contributed by atoms with Gasteiger partial charge in [-0.05, 0) is 70.0 Å². The molecule has 0 aliphatic heterocycles. The molecule has 0 saturated heterocycles. The number of amides is 2. The van der Waals surface area contributed by atoms with Crippen molar-refractivity contribution < 1.29 is 14.1 Å². The van der Waals surface area contributed by atoms with Gasteiger partial charge in [-0.15, -0.1) is 0 Å². The van der Waals surface area contributed by atoms with Crippen LogP contribution in [-0.2, 0) is 13.6 Å². The Morgan fingerprint density at radius 3 is 2.49 bits per heavy atom. The van der Waals surface area contributed by atoms with Gasteiger partial charge in [0.15, 0.2) is 17.3 Å². The summed E-state index contributed by atoms with van der Waals surface area (Å²) in [5, 5.41) is 10.4. The van der Waals surface area contributed by atoms with Crippen LogP contribution >= 0.6 is 0 Å². The van der Waals surface area contributed by atoms with Gasteiger partial charge in [0, 0.05) is 54.6 Å². The van der Waals surface area contributed by atoms with Gasteiger partial charge in [-0.2, -0.15) is 14.5 Å². The number of fused-ring (bicyclic) bond motifs is 1. The van der Waals surface area contributed by atoms with Crippen LogP contribution < -0.4 is 21.8 Å². The van der Waals surface area contributed by atoms with E-state index in [9.17, 15) is 19.2 Å². The molecule has 1 fully saturated rings. The SMILES string of the molecule is CCn1c2c(C(=O)Nc3cccc(C(=O)Nc4ccn(C5CC5)n4)c3)nc(C)cc2c(=O)n1-c1ccc(-c2c(C)on(C)c2=O)cn1. The van der Waals surface area contributed by atoms with Crippen LogP contribution in [0.15, 0.2) is 75.0 Å². The minimum atomic E-state index is -0.548. The van der Waals surface area contributed by atoms with Crippen LogP contribution in [0.4, 0.5) is 11.5 Å². The van der Waals surface area contributed by atoms with Crippen LogP contribution in [0, 0.1) is 13.8 Å². The lowest BCUT2D eigenvalue weighted by atomic mass is 10.1. The first-order valence-electron chi connectivity index (χ1n) is 15.2. The van der Waals surface area contributed by atoms with Crippen molar-refractivity contribution >= 4 is 34.2 Å². The van der Waals surface area contributed by atoms with E-state index < -0.39 is 5.91 Å². The zero-order valence-electron chi connectivity index (χ0n) is 26.1. The molecule has 7 rings (SSSR count). The van der Waals surface area contributed by atoms with E-state index in [0.29, 0.717) is 69.0 Å². The molecule has 2 amide bonds. The fourth-order valence-electron chi connectivity index (χ4n) is 5.75. The molecule has 14 nitrogen and oxygen atoms in total. The van der Waals surface area contributed by atoms with E-state index in [4.69, 9.17) is 4.52 Å². The highest BCUT2D eigenvalue weighted by atomic mass is 16.5. The van der Waals surface area contributed by atoms with Gasteiger partial charge in [0.1, 0.15) is 11.3 Å². The topological polar surface area (TPSA) is 164 Å². The standard InChI is InChI=1S/C33H31N9O5/c1-5-41-29-24(32(45)42(41)26-12-9-21(17-34-26)27-19(3)47-39(4)33(27)46)15-18(2)35-28(29)31(44)36-22-8-6-7-20(16-22)30(43)37-25-13-14-40(38-25)23-10-11-23/h6-9,12-17,23H,5,10-11H2,1-4H3,(H,36,44)(H,37,38,43). The number of carbonyl (C=O) groups is 2. The van der Waals surface area contributed by atoms with Gasteiger partial charge >= 0.3 is 0 Å². The molecule has 0 bridgehead atoms. The molecule has 238 valence electrons. The highest BCUT2D eigenvalue weighted by Gasteiger charge is 2.25. The maximum absolute atomic E-state index is 13.8. The van der Waals surface area contributed by atoms with Crippen molar-refractivity contribution in [3.63, 3.8) is 0 Å². The molecule has 5 heterocycles. The molecule has 2 N–H and O–H groups in total. The predicted octanol–water partition coefficient (Wildman–Crippen LogP) is 4.21. The molecule has 6 aromatic rings. The van der Waals surface area contributed by atoms with Gasteiger partial charge in [0.2, 0.25) is 0 Å². The Bertz CT molecular complexity index is 2320. The molecular formula is C33H31N9O5. The second-order valence-electron chi connectivity index (χ2n) is 11.5. The van der Waals surface area contributed by atoms with E-state index in [1.165, 1.54) is 17.9 Å². The van der Waals surface area contributed by atoms with Crippen LogP contribution in [-0.4, -0.2) is 45.7 Å². The van der Waals surface area contributed by atoms with Crippen molar-refractivity contribution in [2.45, 2.75) is 46.2 Å². The number of rotatable bonds is 8. The number of hydrogen-bond acceptors (Lipinski definition) is 8. The third-order valence-corrected chi connectivity index (χ3v) is 8.09. The highest BCUT2D eigenvalue weighted by molar-refractivity contribution is 6.11. The van der Waals surface area contributed by atoms with Crippen LogP contribution in [0.3, 0.4) is 0 Å². The maximum Gasteiger partial charge on any atom is 0.290 e. The molecule has 5 aromatic heterocycles. The normalized spacial score (nSPS) is 12.9. The van der Waals surface area contributed by atoms with Crippen molar-refractivity contribution in [2.75, 3.05) is 10.6 Å². The van der Waals surface area contributed by atoms with Gasteiger partial charge in [-0.25, -0.2) is 9.97 Å². The van der Waals surface area contributed by atoms with E-state index in [2.05, 4.69) is 25.7 Å². The molecule has 1 aliphatic carbocycles. The number of carbonyl (C=O) groups excluding carboxylic acids is 2. The number of aryl methyl sites for hydroxylation is 4. The van der Waals surface area contributed by atoms with Crippen molar-refractivity contribution in [2.24, 2.45) is 7.05 Å². The number of aromatic nitrogens is 7. The van der Waals surface area contributed by atoms with Gasteiger partial charge < -0.3 is 15.2 Å². The van der Waals surface area contributed by atoms with Gasteiger partial charge in [0.05, 0.1) is 17.0 Å². The summed E-state index contributed by atoms with van der Waals surface area (Å²) in [6, 6.07) is 13.7. The Morgan fingerprint density at radius 1 is 1.00 bits per heavy atom. The second kappa shape index (κ2) is 11.4. The third-order valence-electron chi connectivity index (χ3n) is 8.09. The molecule has 47 heavy (non-hydrogen) atoms. The van der Waals surface area contributed by atoms with Crippen LogP contribution in [0.25, 0.3) is 27.8 Å². The van der Waals surface area contributed by atoms with Crippen molar-refractivity contribution in [3.05, 3.63) is 104 Å². The van der Waals surface area contributed by atoms with Crippen molar-refractivity contribution in [1.29, 1.82) is 0 Å². The first-order chi connectivity index (χ1) is 22.6. The van der Waals surface area contributed by atoms with Gasteiger partial charge in [-0.1, -0.05) is 6.07 Å². The average Bonchev–Trinajstić information content (AvgIpc) is 3.66. The lowest BCUT2D eigenvalue weighted by Gasteiger charge is -2.13. The van der Waals surface area contributed by atoms with Crippen LogP contribution in [0.2, 0.25) is 0 Å². The molecule has 1 aliphatic rings. The Labute approximate surface area is 267 Å². The maximum atomic E-state index is 13.8. The Kier molecular flexibility index (Phi) is 7.18. The van der Waals surface area contributed by atoms with E-state index in [0.717, 1.165) is 17.6 Å². The van der Waals surface area contributed by atoms with Crippen molar-refractivity contribution in [1.82, 2.24) is 33.9 Å². The first-order valence-corrected chi connectivity index (χ1v) is 15.2. The van der Waals surface area contributed by atoms with Gasteiger partial charge in [0.25, 0.3) is 22.9 Å². The Balaban J connectivity index is 1.20. The zero-order chi connectivity index (χ0) is 33.0. The highest BCUT2D eigenvalue weighted by Crippen LogP contribution is 2.34. The fraction of sp³-hybridized carbons (Fsp3) is 0.242. The number of nitrogens with one attached hydrogen (secondary N) is 2. The monoisotopic (exact) mass is 633 g/mol. The first kappa shape index (κ1) is 29.6. The zero-order valence-corrected chi connectivity index (χ0v) is 26.1. The van der Waals surface area contributed by atoms with E-state index >= 15 is 0 Å². The molecule has 1 saturated carbocycles. The van der Waals surface area contributed by atoms with Crippen LogP contribution in [0.5, 0.6) is 0 Å². The lowest BCUT2D eigenvalue weighted by Crippen LogP contribution is -2.22. The van der Waals surface area contributed by atoms with E-state index in [1.54, 1.807) is 67.1 Å². The largest absolute Gasteiger partial charge is 0.381 e. The summed E-state index contributed by atoms with van der Waals surface area (Å²) in [4.78, 5) is 62.1. The minimum absolute atomic E-state index is 0.0484. The predicted molar refractivity (Wildman–Crippen MR) is 174 cm³/mol. The Morgan fingerprint density at radius 2 is 1.81 bits per heavy atom. The average molecular weight is 634 g/mol. The molecular weight excluding hydrogens is 602 g/mol. The quantitative estimate of drug-likeness (QED) is 0.252. The number of anilines is 2. The summed E-state index contributed by atoms with van der Waals surface area (Å²) in [6.07, 6.45) is 5.52. The third kappa shape index (κ3) is 5.32. The molecule has 0 unspecified atom stereocenters. The number of benzene rings is 1. The summed E-state index contributed by atoms with van der Waals surface area (Å²) in [6.45, 7) is 5.57. The number of hydrogen-bond donors (Lipinski definition) is 2. The summed E-state index contributed by atoms with van der Waals surface area (Å²) in [7, 11) is 1.53. The van der Waals surface area contributed by atoms with E-state index in [-0.39, 0.29) is 22.7 Å². The summed E-state index contributed by atoms with van der Waals surface area (Å²) >= 11 is 0. The number of pyridine rings is 2. The van der Waals surface area contributed by atoms with E-state index in [1.807, 2.05) is 17.8 Å². The Hall–Kier alpha value is -6.05.